The molecule has 0 saturated carbocycles. The van der Waals surface area contributed by atoms with Crippen molar-refractivity contribution >= 4 is 0 Å². The van der Waals surface area contributed by atoms with E-state index in [1.165, 1.54) is 11.6 Å². The average Bonchev–Trinajstić information content (AvgIpc) is 2.25. The second-order valence-electron chi connectivity index (χ2n) is 4.80. The average molecular weight is 222 g/mol. The normalized spacial score (nSPS) is 12.7. The number of allylic oxidation sites excluding steroid dienone is 1. The number of ether oxygens (including phenoxy) is 1. The number of rotatable bonds is 3. The summed E-state index contributed by atoms with van der Waals surface area (Å²) < 4.78 is 18.1. The van der Waals surface area contributed by atoms with Crippen LogP contribution in [-0.4, -0.2) is 6.61 Å². The van der Waals surface area contributed by atoms with Crippen molar-refractivity contribution in [2.45, 2.75) is 33.1 Å². The van der Waals surface area contributed by atoms with Gasteiger partial charge in [-0.25, -0.2) is 4.39 Å². The van der Waals surface area contributed by atoms with Gasteiger partial charge >= 0.3 is 0 Å². The molecule has 0 aliphatic carbocycles. The Morgan fingerprint density at radius 1 is 1.25 bits per heavy atom. The SMILES string of the molecule is C/C=C(/F)COc1ccc(C(C)(C)C)cc1. The van der Waals surface area contributed by atoms with E-state index in [0.29, 0.717) is 5.75 Å². The number of halogens is 1. The Morgan fingerprint density at radius 3 is 2.25 bits per heavy atom. The lowest BCUT2D eigenvalue weighted by Crippen LogP contribution is -2.10. The summed E-state index contributed by atoms with van der Waals surface area (Å²) in [6.45, 7) is 8.12. The van der Waals surface area contributed by atoms with Crippen LogP contribution in [-0.2, 0) is 5.41 Å². The number of hydrogen-bond acceptors (Lipinski definition) is 1. The summed E-state index contributed by atoms with van der Waals surface area (Å²) in [5.74, 6) is 0.449. The molecule has 0 fully saturated rings. The first-order chi connectivity index (χ1) is 7.43. The molecule has 1 nitrogen and oxygen atoms in total. The standard InChI is InChI=1S/C14H19FO/c1-5-12(15)10-16-13-8-6-11(7-9-13)14(2,3)4/h5-9H,10H2,1-4H3/b12-5+. The van der Waals surface area contributed by atoms with E-state index in [1.54, 1.807) is 6.92 Å². The van der Waals surface area contributed by atoms with Crippen molar-refractivity contribution in [1.82, 2.24) is 0 Å². The van der Waals surface area contributed by atoms with Crippen LogP contribution < -0.4 is 4.74 Å². The van der Waals surface area contributed by atoms with E-state index in [9.17, 15) is 4.39 Å². The Hall–Kier alpha value is -1.31. The molecule has 2 heteroatoms. The Balaban J connectivity index is 2.65. The molecule has 0 bridgehead atoms. The molecule has 0 aliphatic rings. The van der Waals surface area contributed by atoms with Crippen LogP contribution in [0.15, 0.2) is 36.2 Å². The molecule has 0 aromatic heterocycles. The largest absolute Gasteiger partial charge is 0.487 e. The van der Waals surface area contributed by atoms with Crippen molar-refractivity contribution in [1.29, 1.82) is 0 Å². The van der Waals surface area contributed by atoms with Gasteiger partial charge in [0, 0.05) is 0 Å². The van der Waals surface area contributed by atoms with E-state index in [1.807, 2.05) is 24.3 Å². The third-order valence-electron chi connectivity index (χ3n) is 2.41. The van der Waals surface area contributed by atoms with Crippen LogP contribution in [0.1, 0.15) is 33.3 Å². The Labute approximate surface area is 96.9 Å². The van der Waals surface area contributed by atoms with Gasteiger partial charge in [0.1, 0.15) is 18.2 Å². The monoisotopic (exact) mass is 222 g/mol. The molecule has 0 N–H and O–H groups in total. The molecule has 16 heavy (non-hydrogen) atoms. The summed E-state index contributed by atoms with van der Waals surface area (Å²) >= 11 is 0. The van der Waals surface area contributed by atoms with Crippen LogP contribution in [0.25, 0.3) is 0 Å². The molecule has 0 heterocycles. The highest BCUT2D eigenvalue weighted by Crippen LogP contribution is 2.24. The van der Waals surface area contributed by atoms with Crippen molar-refractivity contribution in [3.8, 4) is 5.75 Å². The molecule has 88 valence electrons. The second kappa shape index (κ2) is 5.15. The summed E-state index contributed by atoms with van der Waals surface area (Å²) in [5.41, 5.74) is 1.37. The Morgan fingerprint density at radius 2 is 1.81 bits per heavy atom. The maximum absolute atomic E-state index is 12.8. The maximum atomic E-state index is 12.8. The van der Waals surface area contributed by atoms with E-state index < -0.39 is 0 Å². The van der Waals surface area contributed by atoms with Gasteiger partial charge in [-0.1, -0.05) is 39.0 Å². The molecular weight excluding hydrogens is 203 g/mol. The minimum Gasteiger partial charge on any atom is -0.487 e. The zero-order valence-corrected chi connectivity index (χ0v) is 10.4. The minimum absolute atomic E-state index is 0.00532. The lowest BCUT2D eigenvalue weighted by atomic mass is 9.87. The molecule has 1 aromatic carbocycles. The first-order valence-electron chi connectivity index (χ1n) is 5.47. The second-order valence-corrected chi connectivity index (χ2v) is 4.80. The van der Waals surface area contributed by atoms with Gasteiger partial charge in [0.05, 0.1) is 0 Å². The highest BCUT2D eigenvalue weighted by atomic mass is 19.1. The van der Waals surface area contributed by atoms with E-state index in [2.05, 4.69) is 20.8 Å². The summed E-state index contributed by atoms with van der Waals surface area (Å²) in [5, 5.41) is 0. The minimum atomic E-state index is -0.250. The van der Waals surface area contributed by atoms with Gasteiger partial charge in [-0.2, -0.15) is 0 Å². The molecule has 0 amide bonds. The maximum Gasteiger partial charge on any atom is 0.139 e. The number of hydrogen-bond donors (Lipinski definition) is 0. The third-order valence-corrected chi connectivity index (χ3v) is 2.41. The molecule has 0 spiro atoms. The van der Waals surface area contributed by atoms with Crippen molar-refractivity contribution < 1.29 is 9.13 Å². The fourth-order valence-electron chi connectivity index (χ4n) is 1.29. The smallest absolute Gasteiger partial charge is 0.139 e. The predicted octanol–water partition coefficient (Wildman–Crippen LogP) is 4.24. The summed E-state index contributed by atoms with van der Waals surface area (Å²) in [7, 11) is 0. The van der Waals surface area contributed by atoms with Crippen LogP contribution in [0.4, 0.5) is 4.39 Å². The summed E-state index contributed by atoms with van der Waals surface area (Å²) in [4.78, 5) is 0. The summed E-state index contributed by atoms with van der Waals surface area (Å²) in [6.07, 6.45) is 1.41. The van der Waals surface area contributed by atoms with Crippen molar-refractivity contribution in [2.24, 2.45) is 0 Å². The highest BCUT2D eigenvalue weighted by molar-refractivity contribution is 5.31. The molecule has 1 aromatic rings. The molecule has 0 aliphatic heterocycles. The van der Waals surface area contributed by atoms with E-state index in [0.717, 1.165) is 0 Å². The topological polar surface area (TPSA) is 9.23 Å². The van der Waals surface area contributed by atoms with E-state index in [-0.39, 0.29) is 17.8 Å². The Bertz CT molecular complexity index is 357. The lowest BCUT2D eigenvalue weighted by Gasteiger charge is -2.19. The molecule has 1 rings (SSSR count). The Kier molecular flexibility index (Phi) is 4.11. The molecule has 0 unspecified atom stereocenters. The van der Waals surface area contributed by atoms with Crippen molar-refractivity contribution in [3.05, 3.63) is 41.7 Å². The van der Waals surface area contributed by atoms with E-state index >= 15 is 0 Å². The van der Waals surface area contributed by atoms with E-state index in [4.69, 9.17) is 4.74 Å². The van der Waals surface area contributed by atoms with Crippen LogP contribution in [0, 0.1) is 0 Å². The van der Waals surface area contributed by atoms with Crippen LogP contribution in [0.2, 0.25) is 0 Å². The van der Waals surface area contributed by atoms with Gasteiger partial charge < -0.3 is 4.74 Å². The summed E-state index contributed by atoms with van der Waals surface area (Å²) in [6, 6.07) is 7.79. The van der Waals surface area contributed by atoms with Gasteiger partial charge in [-0.3, -0.25) is 0 Å². The van der Waals surface area contributed by atoms with Crippen LogP contribution >= 0.6 is 0 Å². The van der Waals surface area contributed by atoms with Gasteiger partial charge in [0.15, 0.2) is 0 Å². The van der Waals surface area contributed by atoms with Crippen LogP contribution in [0.5, 0.6) is 5.75 Å². The van der Waals surface area contributed by atoms with Crippen molar-refractivity contribution in [2.75, 3.05) is 6.61 Å². The quantitative estimate of drug-likeness (QED) is 0.743. The number of benzene rings is 1. The predicted molar refractivity (Wildman–Crippen MR) is 65.5 cm³/mol. The van der Waals surface area contributed by atoms with Gasteiger partial charge in [-0.15, -0.1) is 0 Å². The first kappa shape index (κ1) is 12.8. The van der Waals surface area contributed by atoms with Crippen LogP contribution in [0.3, 0.4) is 0 Å². The molecule has 0 saturated heterocycles. The fraction of sp³-hybridized carbons (Fsp3) is 0.429. The molecular formula is C14H19FO. The first-order valence-corrected chi connectivity index (χ1v) is 5.47. The van der Waals surface area contributed by atoms with Gasteiger partial charge in [-0.05, 0) is 30.0 Å². The fourth-order valence-corrected chi connectivity index (χ4v) is 1.29. The lowest BCUT2D eigenvalue weighted by molar-refractivity contribution is 0.318. The van der Waals surface area contributed by atoms with Gasteiger partial charge in [0.2, 0.25) is 0 Å². The third kappa shape index (κ3) is 3.69. The van der Waals surface area contributed by atoms with Gasteiger partial charge in [0.25, 0.3) is 0 Å². The van der Waals surface area contributed by atoms with Crippen molar-refractivity contribution in [3.63, 3.8) is 0 Å². The zero-order valence-electron chi connectivity index (χ0n) is 10.4. The molecule has 0 atom stereocenters. The highest BCUT2D eigenvalue weighted by Gasteiger charge is 2.12. The molecule has 0 radical (unpaired) electrons. The zero-order chi connectivity index (χ0) is 12.2.